The number of hydrogen-bond donors (Lipinski definition) is 1. The first-order valence-corrected chi connectivity index (χ1v) is 8.30. The van der Waals surface area contributed by atoms with Gasteiger partial charge >= 0.3 is 0 Å². The fourth-order valence-electron chi connectivity index (χ4n) is 2.79. The fourth-order valence-corrected chi connectivity index (χ4v) is 2.98. The van der Waals surface area contributed by atoms with Crippen LogP contribution in [0.25, 0.3) is 5.57 Å². The third-order valence-corrected chi connectivity index (χ3v) is 4.31. The number of nitrogens with zero attached hydrogens (tertiary/aromatic N) is 1. The molecule has 0 spiro atoms. The third kappa shape index (κ3) is 3.43. The van der Waals surface area contributed by atoms with Gasteiger partial charge in [-0.25, -0.2) is 0 Å². The monoisotopic (exact) mass is 324 g/mol. The summed E-state index contributed by atoms with van der Waals surface area (Å²) in [5.41, 5.74) is 4.81. The Bertz CT molecular complexity index is 738. The minimum atomic E-state index is 0.238. The van der Waals surface area contributed by atoms with Crippen molar-refractivity contribution in [3.63, 3.8) is 0 Å². The highest BCUT2D eigenvalue weighted by Gasteiger charge is 2.19. The van der Waals surface area contributed by atoms with Crippen molar-refractivity contribution >= 4 is 17.2 Å². The number of hydrogen-bond acceptors (Lipinski definition) is 2. The lowest BCUT2D eigenvalue weighted by molar-refractivity contribution is 0.423. The summed E-state index contributed by atoms with van der Waals surface area (Å²) < 4.78 is 0. The first kappa shape index (κ1) is 15.7. The summed E-state index contributed by atoms with van der Waals surface area (Å²) in [5.74, 6) is 0. The minimum Gasteiger partial charge on any atom is -0.366 e. The standard InChI is InChI=1S/C20H21ClN2/c1-3-4-8-19(15(2)16-6-5-7-18(21)13-16)17-9-10-20-22-11-12-23(20)14-17/h4-14,20,22H,3H2,1-2H3/b8-4-,19-15-. The second-order valence-electron chi connectivity index (χ2n) is 5.68. The van der Waals surface area contributed by atoms with Crippen LogP contribution in [-0.2, 0) is 0 Å². The lowest BCUT2D eigenvalue weighted by atomic mass is 9.94. The number of rotatable bonds is 4. The Kier molecular flexibility index (Phi) is 4.73. The highest BCUT2D eigenvalue weighted by atomic mass is 35.5. The van der Waals surface area contributed by atoms with E-state index in [1.807, 2.05) is 24.4 Å². The predicted molar refractivity (Wildman–Crippen MR) is 98.6 cm³/mol. The first-order valence-electron chi connectivity index (χ1n) is 7.93. The average molecular weight is 325 g/mol. The lowest BCUT2D eigenvalue weighted by Crippen LogP contribution is -2.31. The molecule has 1 N–H and O–H groups in total. The van der Waals surface area contributed by atoms with E-state index in [0.29, 0.717) is 0 Å². The smallest absolute Gasteiger partial charge is 0.122 e. The predicted octanol–water partition coefficient (Wildman–Crippen LogP) is 5.24. The van der Waals surface area contributed by atoms with Crippen molar-refractivity contribution in [2.45, 2.75) is 26.4 Å². The summed E-state index contributed by atoms with van der Waals surface area (Å²) in [6.07, 6.45) is 16.2. The largest absolute Gasteiger partial charge is 0.366 e. The molecule has 3 rings (SSSR count). The van der Waals surface area contributed by atoms with Gasteiger partial charge in [-0.1, -0.05) is 48.9 Å². The number of nitrogens with one attached hydrogen (secondary N) is 1. The zero-order chi connectivity index (χ0) is 16.2. The number of benzene rings is 1. The summed E-state index contributed by atoms with van der Waals surface area (Å²) in [4.78, 5) is 2.18. The highest BCUT2D eigenvalue weighted by molar-refractivity contribution is 6.30. The van der Waals surface area contributed by atoms with Crippen molar-refractivity contribution in [1.29, 1.82) is 0 Å². The summed E-state index contributed by atoms with van der Waals surface area (Å²) in [6, 6.07) is 8.03. The van der Waals surface area contributed by atoms with Gasteiger partial charge in [-0.05, 0) is 53.8 Å². The molecule has 0 saturated heterocycles. The van der Waals surface area contributed by atoms with E-state index in [2.05, 4.69) is 66.8 Å². The molecule has 23 heavy (non-hydrogen) atoms. The normalized spacial score (nSPS) is 20.4. The van der Waals surface area contributed by atoms with Crippen LogP contribution in [0.15, 0.2) is 78.3 Å². The van der Waals surface area contributed by atoms with Gasteiger partial charge in [0, 0.05) is 23.6 Å². The molecule has 0 aliphatic carbocycles. The highest BCUT2D eigenvalue weighted by Crippen LogP contribution is 2.30. The van der Waals surface area contributed by atoms with Gasteiger partial charge in [0.15, 0.2) is 0 Å². The molecular formula is C20H21ClN2. The van der Waals surface area contributed by atoms with Gasteiger partial charge in [0.05, 0.1) is 0 Å². The maximum Gasteiger partial charge on any atom is 0.122 e. The van der Waals surface area contributed by atoms with Crippen LogP contribution >= 0.6 is 11.6 Å². The molecule has 3 heteroatoms. The van der Waals surface area contributed by atoms with Crippen LogP contribution in [0.3, 0.4) is 0 Å². The number of halogens is 1. The first-order chi connectivity index (χ1) is 11.2. The molecule has 1 aromatic rings. The zero-order valence-electron chi connectivity index (χ0n) is 13.5. The van der Waals surface area contributed by atoms with E-state index in [0.717, 1.165) is 17.0 Å². The van der Waals surface area contributed by atoms with Crippen molar-refractivity contribution in [3.05, 3.63) is 88.9 Å². The SMILES string of the molecule is CC/C=C\C(C1=CN2C=CNC2C=C1)=C(/C)c1cccc(Cl)c1. The lowest BCUT2D eigenvalue weighted by Gasteiger charge is -2.25. The third-order valence-electron chi connectivity index (χ3n) is 4.07. The van der Waals surface area contributed by atoms with E-state index in [1.54, 1.807) is 0 Å². The van der Waals surface area contributed by atoms with E-state index >= 15 is 0 Å². The van der Waals surface area contributed by atoms with Crippen molar-refractivity contribution in [3.8, 4) is 0 Å². The summed E-state index contributed by atoms with van der Waals surface area (Å²) in [5, 5.41) is 4.06. The average Bonchev–Trinajstić information content (AvgIpc) is 3.03. The molecule has 118 valence electrons. The Morgan fingerprint density at radius 3 is 3.04 bits per heavy atom. The molecule has 0 saturated carbocycles. The van der Waals surface area contributed by atoms with E-state index in [-0.39, 0.29) is 6.17 Å². The van der Waals surface area contributed by atoms with E-state index in [4.69, 9.17) is 11.6 Å². The maximum absolute atomic E-state index is 6.16. The Labute approximate surface area is 143 Å². The maximum atomic E-state index is 6.16. The molecule has 0 aromatic heterocycles. The molecule has 0 bridgehead atoms. The second kappa shape index (κ2) is 6.93. The van der Waals surface area contributed by atoms with Crippen LogP contribution in [0.1, 0.15) is 25.8 Å². The van der Waals surface area contributed by atoms with Gasteiger partial charge in [0.1, 0.15) is 6.17 Å². The van der Waals surface area contributed by atoms with Crippen LogP contribution < -0.4 is 5.32 Å². The molecule has 1 aromatic carbocycles. The molecule has 2 aliphatic heterocycles. The van der Waals surface area contributed by atoms with Crippen LogP contribution in [-0.4, -0.2) is 11.1 Å². The van der Waals surface area contributed by atoms with Crippen molar-refractivity contribution < 1.29 is 0 Å². The molecule has 0 radical (unpaired) electrons. The minimum absolute atomic E-state index is 0.238. The van der Waals surface area contributed by atoms with Gasteiger partial charge in [-0.3, -0.25) is 0 Å². The van der Waals surface area contributed by atoms with Crippen LogP contribution in [0.4, 0.5) is 0 Å². The Hall–Kier alpha value is -2.19. The molecular weight excluding hydrogens is 304 g/mol. The molecule has 2 nitrogen and oxygen atoms in total. The fraction of sp³-hybridized carbons (Fsp3) is 0.200. The van der Waals surface area contributed by atoms with Gasteiger partial charge in [0.25, 0.3) is 0 Å². The Morgan fingerprint density at radius 2 is 2.26 bits per heavy atom. The molecule has 1 unspecified atom stereocenters. The summed E-state index contributed by atoms with van der Waals surface area (Å²) >= 11 is 6.16. The van der Waals surface area contributed by atoms with E-state index < -0.39 is 0 Å². The summed E-state index contributed by atoms with van der Waals surface area (Å²) in [7, 11) is 0. The van der Waals surface area contributed by atoms with Gasteiger partial charge in [0.2, 0.25) is 0 Å². The topological polar surface area (TPSA) is 15.3 Å². The molecule has 1 atom stereocenters. The molecule has 0 amide bonds. The van der Waals surface area contributed by atoms with Gasteiger partial charge < -0.3 is 10.2 Å². The van der Waals surface area contributed by atoms with E-state index in [9.17, 15) is 0 Å². The van der Waals surface area contributed by atoms with Gasteiger partial charge in [-0.15, -0.1) is 0 Å². The number of allylic oxidation sites excluding steroid dienone is 6. The molecule has 2 heterocycles. The number of fused-ring (bicyclic) bond motifs is 1. The van der Waals surface area contributed by atoms with Crippen LogP contribution in [0.2, 0.25) is 5.02 Å². The van der Waals surface area contributed by atoms with Crippen LogP contribution in [0, 0.1) is 0 Å². The Balaban J connectivity index is 2.04. The molecule has 2 aliphatic rings. The summed E-state index contributed by atoms with van der Waals surface area (Å²) in [6.45, 7) is 4.30. The van der Waals surface area contributed by atoms with Crippen LogP contribution in [0.5, 0.6) is 0 Å². The van der Waals surface area contributed by atoms with Gasteiger partial charge in [-0.2, -0.15) is 0 Å². The Morgan fingerprint density at radius 1 is 1.39 bits per heavy atom. The van der Waals surface area contributed by atoms with Crippen molar-refractivity contribution in [2.24, 2.45) is 0 Å². The quantitative estimate of drug-likeness (QED) is 0.762. The van der Waals surface area contributed by atoms with Crippen molar-refractivity contribution in [1.82, 2.24) is 10.2 Å². The van der Waals surface area contributed by atoms with E-state index in [1.165, 1.54) is 16.7 Å². The molecule has 0 fully saturated rings. The van der Waals surface area contributed by atoms with Crippen molar-refractivity contribution in [2.75, 3.05) is 0 Å². The zero-order valence-corrected chi connectivity index (χ0v) is 14.2. The second-order valence-corrected chi connectivity index (χ2v) is 6.11.